The van der Waals surface area contributed by atoms with Crippen LogP contribution in [0.2, 0.25) is 5.02 Å². The highest BCUT2D eigenvalue weighted by atomic mass is 35.5. The molecule has 0 aliphatic rings. The van der Waals surface area contributed by atoms with Crippen LogP contribution in [0.5, 0.6) is 5.75 Å². The van der Waals surface area contributed by atoms with Crippen molar-refractivity contribution in [2.75, 3.05) is 12.4 Å². The minimum Gasteiger partial charge on any atom is -0.495 e. The summed E-state index contributed by atoms with van der Waals surface area (Å²) in [5, 5.41) is 6.00. The quantitative estimate of drug-likeness (QED) is 0.801. The Bertz CT molecular complexity index is 805. The number of halogens is 1. The van der Waals surface area contributed by atoms with Gasteiger partial charge in [-0.05, 0) is 43.2 Å². The van der Waals surface area contributed by atoms with Crippen LogP contribution in [-0.4, -0.2) is 25.0 Å². The Morgan fingerprint density at radius 3 is 2.42 bits per heavy atom. The van der Waals surface area contributed by atoms with Gasteiger partial charge in [-0.15, -0.1) is 0 Å². The summed E-state index contributed by atoms with van der Waals surface area (Å²) in [6, 6.07) is 11.5. The van der Waals surface area contributed by atoms with E-state index in [-0.39, 0.29) is 17.7 Å². The Hall–Kier alpha value is -2.53. The van der Waals surface area contributed by atoms with Crippen LogP contribution >= 0.6 is 11.6 Å². The Morgan fingerprint density at radius 2 is 1.85 bits per heavy atom. The van der Waals surface area contributed by atoms with E-state index in [0.717, 1.165) is 5.56 Å². The minimum atomic E-state index is -0.677. The van der Waals surface area contributed by atoms with E-state index in [4.69, 9.17) is 16.3 Å². The maximum atomic E-state index is 12.7. The van der Waals surface area contributed by atoms with E-state index in [1.54, 1.807) is 30.3 Å². The summed E-state index contributed by atoms with van der Waals surface area (Å²) in [6.07, 6.45) is 0. The Labute approximate surface area is 158 Å². The first-order chi connectivity index (χ1) is 12.3. The second-order valence-corrected chi connectivity index (χ2v) is 6.81. The molecular formula is C20H23ClN2O3. The maximum absolute atomic E-state index is 12.7. The first-order valence-electron chi connectivity index (χ1n) is 8.33. The van der Waals surface area contributed by atoms with Gasteiger partial charge in [-0.1, -0.05) is 43.1 Å². The monoisotopic (exact) mass is 374 g/mol. The normalized spacial score (nSPS) is 11.8. The van der Waals surface area contributed by atoms with E-state index in [1.165, 1.54) is 7.11 Å². The number of hydrogen-bond donors (Lipinski definition) is 2. The molecule has 1 atom stereocenters. The molecule has 0 radical (unpaired) electrons. The molecule has 0 aromatic heterocycles. The van der Waals surface area contributed by atoms with Gasteiger partial charge in [0.1, 0.15) is 11.8 Å². The number of hydrogen-bond acceptors (Lipinski definition) is 3. The van der Waals surface area contributed by atoms with Crippen LogP contribution in [-0.2, 0) is 4.79 Å². The second kappa shape index (κ2) is 8.72. The Morgan fingerprint density at radius 1 is 1.12 bits per heavy atom. The van der Waals surface area contributed by atoms with Gasteiger partial charge in [-0.25, -0.2) is 0 Å². The van der Waals surface area contributed by atoms with E-state index in [2.05, 4.69) is 10.6 Å². The fourth-order valence-corrected chi connectivity index (χ4v) is 2.77. The maximum Gasteiger partial charge on any atom is 0.251 e. The average molecular weight is 375 g/mol. The molecule has 5 nitrogen and oxygen atoms in total. The summed E-state index contributed by atoms with van der Waals surface area (Å²) in [5.41, 5.74) is 2.04. The zero-order valence-corrected chi connectivity index (χ0v) is 16.1. The zero-order valence-electron chi connectivity index (χ0n) is 15.3. The zero-order chi connectivity index (χ0) is 19.3. The third-order valence-electron chi connectivity index (χ3n) is 3.94. The lowest BCUT2D eigenvalue weighted by Gasteiger charge is -2.22. The fraction of sp³-hybridized carbons (Fsp3) is 0.300. The van der Waals surface area contributed by atoms with Gasteiger partial charge < -0.3 is 15.4 Å². The Balaban J connectivity index is 2.12. The molecule has 0 bridgehead atoms. The van der Waals surface area contributed by atoms with Gasteiger partial charge >= 0.3 is 0 Å². The highest BCUT2D eigenvalue weighted by Crippen LogP contribution is 2.27. The highest BCUT2D eigenvalue weighted by molar-refractivity contribution is 6.32. The SMILES string of the molecule is COc1ccc(NC(=O)C(NC(=O)c2cccc(C)c2)C(C)C)cc1Cl. The molecule has 0 spiro atoms. The molecule has 0 saturated carbocycles. The van der Waals surface area contributed by atoms with E-state index in [9.17, 15) is 9.59 Å². The lowest BCUT2D eigenvalue weighted by molar-refractivity contribution is -0.118. The molecule has 26 heavy (non-hydrogen) atoms. The van der Waals surface area contributed by atoms with Crippen LogP contribution in [0.3, 0.4) is 0 Å². The van der Waals surface area contributed by atoms with Gasteiger partial charge in [0.15, 0.2) is 0 Å². The van der Waals surface area contributed by atoms with Crippen LogP contribution in [0.15, 0.2) is 42.5 Å². The summed E-state index contributed by atoms with van der Waals surface area (Å²) in [5.74, 6) is -0.146. The summed E-state index contributed by atoms with van der Waals surface area (Å²) in [6.45, 7) is 5.67. The van der Waals surface area contributed by atoms with Gasteiger partial charge in [0.25, 0.3) is 5.91 Å². The molecule has 2 N–H and O–H groups in total. The van der Waals surface area contributed by atoms with Gasteiger partial charge in [0.2, 0.25) is 5.91 Å². The van der Waals surface area contributed by atoms with E-state index < -0.39 is 6.04 Å². The number of carbonyl (C=O) groups is 2. The van der Waals surface area contributed by atoms with Crippen molar-refractivity contribution in [3.8, 4) is 5.75 Å². The molecule has 0 saturated heterocycles. The fourth-order valence-electron chi connectivity index (χ4n) is 2.51. The largest absolute Gasteiger partial charge is 0.495 e. The predicted molar refractivity (Wildman–Crippen MR) is 104 cm³/mol. The molecule has 0 fully saturated rings. The number of methoxy groups -OCH3 is 1. The van der Waals surface area contributed by atoms with E-state index in [0.29, 0.717) is 22.0 Å². The number of amides is 2. The number of ether oxygens (including phenoxy) is 1. The smallest absolute Gasteiger partial charge is 0.251 e. The number of benzene rings is 2. The van der Waals surface area contributed by atoms with Crippen LogP contribution in [0.25, 0.3) is 0 Å². The molecule has 2 aromatic carbocycles. The van der Waals surface area contributed by atoms with Gasteiger partial charge in [0, 0.05) is 11.3 Å². The highest BCUT2D eigenvalue weighted by Gasteiger charge is 2.25. The number of carbonyl (C=O) groups excluding carboxylic acids is 2. The molecule has 2 aromatic rings. The number of rotatable bonds is 6. The second-order valence-electron chi connectivity index (χ2n) is 6.40. The summed E-state index contributed by atoms with van der Waals surface area (Å²) >= 11 is 6.09. The summed E-state index contributed by atoms with van der Waals surface area (Å²) in [4.78, 5) is 25.1. The van der Waals surface area contributed by atoms with Crippen molar-refractivity contribution in [3.63, 3.8) is 0 Å². The van der Waals surface area contributed by atoms with Crippen LogP contribution in [0.1, 0.15) is 29.8 Å². The lowest BCUT2D eigenvalue weighted by Crippen LogP contribution is -2.47. The molecule has 6 heteroatoms. The number of anilines is 1. The van der Waals surface area contributed by atoms with Crippen molar-refractivity contribution in [2.24, 2.45) is 5.92 Å². The van der Waals surface area contributed by atoms with Crippen LogP contribution < -0.4 is 15.4 Å². The first kappa shape index (κ1) is 19.8. The molecule has 0 aliphatic carbocycles. The van der Waals surface area contributed by atoms with Crippen molar-refractivity contribution < 1.29 is 14.3 Å². The van der Waals surface area contributed by atoms with Crippen molar-refractivity contribution in [1.29, 1.82) is 0 Å². The third-order valence-corrected chi connectivity index (χ3v) is 4.23. The predicted octanol–water partition coefficient (Wildman–Crippen LogP) is 4.05. The number of aryl methyl sites for hydroxylation is 1. The van der Waals surface area contributed by atoms with Crippen molar-refractivity contribution in [1.82, 2.24) is 5.32 Å². The molecule has 0 aliphatic heterocycles. The van der Waals surface area contributed by atoms with Crippen LogP contribution in [0.4, 0.5) is 5.69 Å². The summed E-state index contributed by atoms with van der Waals surface area (Å²) < 4.78 is 5.10. The summed E-state index contributed by atoms with van der Waals surface area (Å²) in [7, 11) is 1.52. The van der Waals surface area contributed by atoms with Gasteiger partial charge in [-0.2, -0.15) is 0 Å². The van der Waals surface area contributed by atoms with E-state index in [1.807, 2.05) is 32.9 Å². The Kier molecular flexibility index (Phi) is 6.64. The molecule has 2 amide bonds. The minimum absolute atomic E-state index is 0.0857. The molecule has 0 heterocycles. The standard InChI is InChI=1S/C20H23ClN2O3/c1-12(2)18(23-19(24)14-7-5-6-13(3)10-14)20(25)22-15-8-9-17(26-4)16(21)11-15/h5-12,18H,1-4H3,(H,22,25)(H,23,24). The number of nitrogens with one attached hydrogen (secondary N) is 2. The average Bonchev–Trinajstić information content (AvgIpc) is 2.59. The van der Waals surface area contributed by atoms with E-state index >= 15 is 0 Å². The third kappa shape index (κ3) is 4.99. The van der Waals surface area contributed by atoms with Gasteiger partial charge in [0.05, 0.1) is 12.1 Å². The first-order valence-corrected chi connectivity index (χ1v) is 8.71. The molecular weight excluding hydrogens is 352 g/mol. The van der Waals surface area contributed by atoms with Crippen molar-refractivity contribution in [3.05, 3.63) is 58.6 Å². The van der Waals surface area contributed by atoms with Crippen molar-refractivity contribution >= 4 is 29.1 Å². The van der Waals surface area contributed by atoms with Gasteiger partial charge in [-0.3, -0.25) is 9.59 Å². The molecule has 2 rings (SSSR count). The lowest BCUT2D eigenvalue weighted by atomic mass is 10.0. The molecule has 1 unspecified atom stereocenters. The molecule has 138 valence electrons. The topological polar surface area (TPSA) is 67.4 Å². The van der Waals surface area contributed by atoms with Crippen LogP contribution in [0, 0.1) is 12.8 Å². The van der Waals surface area contributed by atoms with Crippen molar-refractivity contribution in [2.45, 2.75) is 26.8 Å².